The van der Waals surface area contributed by atoms with E-state index in [0.717, 1.165) is 0 Å². The lowest BCUT2D eigenvalue weighted by molar-refractivity contribution is 0.415. The Morgan fingerprint density at radius 1 is 1.48 bits per heavy atom. The number of nitrogens with zero attached hydrogens (tertiary/aromatic N) is 2. The van der Waals surface area contributed by atoms with Crippen molar-refractivity contribution in [2.75, 3.05) is 38.3 Å². The second kappa shape index (κ2) is 8.95. The largest absolute Gasteiger partial charge is 0.495 e. The van der Waals surface area contributed by atoms with E-state index in [9.17, 15) is 8.42 Å². The zero-order valence-corrected chi connectivity index (χ0v) is 15.1. The first-order chi connectivity index (χ1) is 10.8. The molecule has 1 rings (SSSR count). The molecule has 0 aliphatic carbocycles. The number of nitrogens with two attached hydrogens (primary N) is 1. The number of hydrogen-bond donors (Lipinski definition) is 2. The van der Waals surface area contributed by atoms with Crippen LogP contribution in [-0.2, 0) is 10.0 Å². The predicted octanol–water partition coefficient (Wildman–Crippen LogP) is 1.75. The lowest BCUT2D eigenvalue weighted by atomic mass is 10.3. The molecule has 23 heavy (non-hydrogen) atoms. The summed E-state index contributed by atoms with van der Waals surface area (Å²) in [5.41, 5.74) is 6.48. The zero-order valence-electron chi connectivity index (χ0n) is 13.5. The Labute approximate surface area is 142 Å². The highest BCUT2D eigenvalue weighted by Gasteiger charge is 2.13. The van der Waals surface area contributed by atoms with Gasteiger partial charge in [0.25, 0.3) is 0 Å². The Kier molecular flexibility index (Phi) is 7.60. The van der Waals surface area contributed by atoms with Crippen LogP contribution in [0.1, 0.15) is 13.3 Å². The van der Waals surface area contributed by atoms with Gasteiger partial charge in [0.2, 0.25) is 10.0 Å². The molecule has 0 aromatic heterocycles. The van der Waals surface area contributed by atoms with E-state index in [-0.39, 0.29) is 11.7 Å². The summed E-state index contributed by atoms with van der Waals surface area (Å²) in [6, 6.07) is 5.18. The fraction of sp³-hybridized carbons (Fsp3) is 0.500. The number of methoxy groups -OCH3 is 1. The van der Waals surface area contributed by atoms with Crippen molar-refractivity contribution < 1.29 is 13.2 Å². The number of aliphatic imine (C=N–C) groups is 1. The van der Waals surface area contributed by atoms with E-state index in [1.54, 1.807) is 39.3 Å². The summed E-state index contributed by atoms with van der Waals surface area (Å²) in [4.78, 5) is 4.16. The van der Waals surface area contributed by atoms with Crippen molar-refractivity contribution in [1.82, 2.24) is 4.31 Å². The molecule has 0 aliphatic heterocycles. The maximum Gasteiger partial charge on any atom is 0.213 e. The maximum atomic E-state index is 11.6. The van der Waals surface area contributed by atoms with Gasteiger partial charge in [-0.15, -0.1) is 0 Å². The van der Waals surface area contributed by atoms with Gasteiger partial charge in [0.1, 0.15) is 5.75 Å². The topological polar surface area (TPSA) is 97.0 Å². The number of benzene rings is 1. The Bertz CT molecular complexity index is 649. The highest BCUT2D eigenvalue weighted by molar-refractivity contribution is 7.89. The summed E-state index contributed by atoms with van der Waals surface area (Å²) < 4.78 is 29.6. The van der Waals surface area contributed by atoms with Crippen LogP contribution in [0.2, 0.25) is 5.02 Å². The van der Waals surface area contributed by atoms with E-state index in [1.165, 1.54) is 4.31 Å². The Morgan fingerprint density at radius 3 is 2.74 bits per heavy atom. The quantitative estimate of drug-likeness (QED) is 0.417. The monoisotopic (exact) mass is 362 g/mol. The molecule has 3 N–H and O–H groups in total. The number of rotatable bonds is 8. The average Bonchev–Trinajstić information content (AvgIpc) is 2.51. The van der Waals surface area contributed by atoms with Gasteiger partial charge in [0.15, 0.2) is 5.96 Å². The first kappa shape index (κ1) is 19.5. The highest BCUT2D eigenvalue weighted by atomic mass is 35.5. The molecule has 0 saturated carbocycles. The SMILES string of the molecule is CCS(=O)(=O)N(C)CCCN=C(N)Nc1ccc(OC)c(Cl)c1. The van der Waals surface area contributed by atoms with E-state index >= 15 is 0 Å². The van der Waals surface area contributed by atoms with Gasteiger partial charge in [0, 0.05) is 25.8 Å². The molecule has 0 bridgehead atoms. The van der Waals surface area contributed by atoms with E-state index in [1.807, 2.05) is 0 Å². The molecule has 0 atom stereocenters. The number of ether oxygens (including phenoxy) is 1. The number of nitrogens with one attached hydrogen (secondary N) is 1. The Balaban J connectivity index is 2.48. The van der Waals surface area contributed by atoms with Gasteiger partial charge in [-0.1, -0.05) is 11.6 Å². The lowest BCUT2D eigenvalue weighted by Gasteiger charge is -2.15. The average molecular weight is 363 g/mol. The molecule has 1 aromatic rings. The lowest BCUT2D eigenvalue weighted by Crippen LogP contribution is -2.30. The van der Waals surface area contributed by atoms with E-state index < -0.39 is 10.0 Å². The Hall–Kier alpha value is -1.51. The molecule has 0 aliphatic rings. The normalized spacial score (nSPS) is 12.5. The zero-order chi connectivity index (χ0) is 17.5. The van der Waals surface area contributed by atoms with Crippen LogP contribution in [0.25, 0.3) is 0 Å². The third-order valence-electron chi connectivity index (χ3n) is 3.18. The number of anilines is 1. The minimum absolute atomic E-state index is 0.0920. The molecular weight excluding hydrogens is 340 g/mol. The van der Waals surface area contributed by atoms with Crippen molar-refractivity contribution >= 4 is 33.3 Å². The molecule has 0 heterocycles. The molecule has 130 valence electrons. The van der Waals surface area contributed by atoms with Gasteiger partial charge in [0.05, 0.1) is 17.9 Å². The molecule has 7 nitrogen and oxygen atoms in total. The molecule has 9 heteroatoms. The highest BCUT2D eigenvalue weighted by Crippen LogP contribution is 2.26. The number of hydrogen-bond acceptors (Lipinski definition) is 4. The predicted molar refractivity (Wildman–Crippen MR) is 94.8 cm³/mol. The maximum absolute atomic E-state index is 11.6. The van der Waals surface area contributed by atoms with Gasteiger partial charge in [-0.05, 0) is 31.5 Å². The summed E-state index contributed by atoms with van der Waals surface area (Å²) in [6.07, 6.45) is 0.585. The summed E-state index contributed by atoms with van der Waals surface area (Å²) >= 11 is 6.02. The van der Waals surface area contributed by atoms with Crippen molar-refractivity contribution in [2.45, 2.75) is 13.3 Å². The minimum atomic E-state index is -3.15. The fourth-order valence-electron chi connectivity index (χ4n) is 1.78. The third-order valence-corrected chi connectivity index (χ3v) is 5.33. The Morgan fingerprint density at radius 2 is 2.17 bits per heavy atom. The van der Waals surface area contributed by atoms with Gasteiger partial charge in [-0.2, -0.15) is 0 Å². The molecule has 0 amide bonds. The second-order valence-corrected chi connectivity index (χ2v) is 7.59. The number of guanidine groups is 1. The van der Waals surface area contributed by atoms with Gasteiger partial charge < -0.3 is 15.8 Å². The van der Waals surface area contributed by atoms with Crippen molar-refractivity contribution in [2.24, 2.45) is 10.7 Å². The van der Waals surface area contributed by atoms with Crippen LogP contribution < -0.4 is 15.8 Å². The molecule has 0 fully saturated rings. The van der Waals surface area contributed by atoms with Gasteiger partial charge in [-0.25, -0.2) is 12.7 Å². The molecule has 1 aromatic carbocycles. The van der Waals surface area contributed by atoms with E-state index in [2.05, 4.69) is 10.3 Å². The van der Waals surface area contributed by atoms with Crippen molar-refractivity contribution in [3.05, 3.63) is 23.2 Å². The summed E-state index contributed by atoms with van der Waals surface area (Å²) in [5.74, 6) is 0.912. The first-order valence-corrected chi connectivity index (χ1v) is 9.13. The molecule has 0 spiro atoms. The van der Waals surface area contributed by atoms with E-state index in [0.29, 0.717) is 36.0 Å². The van der Waals surface area contributed by atoms with Crippen LogP contribution in [0.15, 0.2) is 23.2 Å². The number of sulfonamides is 1. The molecular formula is C14H23ClN4O3S. The first-order valence-electron chi connectivity index (χ1n) is 7.14. The third kappa shape index (κ3) is 6.25. The van der Waals surface area contributed by atoms with Crippen molar-refractivity contribution in [1.29, 1.82) is 0 Å². The molecule has 0 radical (unpaired) electrons. The fourth-order valence-corrected chi connectivity index (χ4v) is 2.89. The standard InChI is InChI=1S/C14H23ClN4O3S/c1-4-23(20,21)19(2)9-5-8-17-14(16)18-11-6-7-13(22-3)12(15)10-11/h6-7,10H,4-5,8-9H2,1-3H3,(H3,16,17,18). The minimum Gasteiger partial charge on any atom is -0.495 e. The number of halogens is 1. The van der Waals surface area contributed by atoms with E-state index in [4.69, 9.17) is 22.1 Å². The summed E-state index contributed by atoms with van der Waals surface area (Å²) in [5, 5.41) is 3.39. The van der Waals surface area contributed by atoms with Crippen LogP contribution in [0.3, 0.4) is 0 Å². The van der Waals surface area contributed by atoms with Gasteiger partial charge in [-0.3, -0.25) is 4.99 Å². The van der Waals surface area contributed by atoms with Gasteiger partial charge >= 0.3 is 0 Å². The smallest absolute Gasteiger partial charge is 0.213 e. The van der Waals surface area contributed by atoms with Crippen LogP contribution in [0.4, 0.5) is 5.69 Å². The van der Waals surface area contributed by atoms with Crippen molar-refractivity contribution in [3.8, 4) is 5.75 Å². The van der Waals surface area contributed by atoms with Crippen LogP contribution in [0.5, 0.6) is 5.75 Å². The molecule has 0 saturated heterocycles. The van der Waals surface area contributed by atoms with Crippen molar-refractivity contribution in [3.63, 3.8) is 0 Å². The van der Waals surface area contributed by atoms with Crippen LogP contribution in [-0.4, -0.2) is 51.7 Å². The summed E-state index contributed by atoms with van der Waals surface area (Å²) in [6.45, 7) is 2.44. The van der Waals surface area contributed by atoms with Crippen LogP contribution in [0, 0.1) is 0 Å². The summed E-state index contributed by atoms with van der Waals surface area (Å²) in [7, 11) is -0.0468. The molecule has 0 unspecified atom stereocenters. The second-order valence-electron chi connectivity index (χ2n) is 4.82. The van der Waals surface area contributed by atoms with Crippen LogP contribution >= 0.6 is 11.6 Å².